The summed E-state index contributed by atoms with van der Waals surface area (Å²) in [7, 11) is -10.1. The van der Waals surface area contributed by atoms with E-state index in [1.165, 1.54) is 97.1 Å². The third-order valence-electron chi connectivity index (χ3n) is 5.53. The summed E-state index contributed by atoms with van der Waals surface area (Å²) in [4.78, 5) is 53.1. The van der Waals surface area contributed by atoms with Gasteiger partial charge in [0.25, 0.3) is 31.9 Å². The van der Waals surface area contributed by atoms with Crippen LogP contribution in [0.1, 0.15) is 20.7 Å². The monoisotopic (exact) mass is 576 g/mol. The molecule has 0 spiro atoms. The number of nitrogens with zero attached hydrogens (tertiary/aromatic N) is 2. The Kier molecular flexibility index (Phi) is 8.03. The van der Waals surface area contributed by atoms with Crippen molar-refractivity contribution in [1.29, 1.82) is 0 Å². The van der Waals surface area contributed by atoms with Crippen molar-refractivity contribution < 1.29 is 36.0 Å². The Hall–Kier alpha value is -4.94. The number of amides is 4. The van der Waals surface area contributed by atoms with E-state index in [2.05, 4.69) is 0 Å². The van der Waals surface area contributed by atoms with Crippen LogP contribution >= 0.6 is 0 Å². The van der Waals surface area contributed by atoms with Crippen LogP contribution in [0.4, 0.5) is 0 Å². The first-order valence-corrected chi connectivity index (χ1v) is 14.4. The number of imide groups is 2. The normalized spacial score (nSPS) is 11.3. The first-order chi connectivity index (χ1) is 19.1. The largest absolute Gasteiger partial charge is 0.334 e. The Morgan fingerprint density at radius 3 is 0.925 bits per heavy atom. The maximum atomic E-state index is 13.7. The highest BCUT2D eigenvalue weighted by Crippen LogP contribution is 2.23. The lowest BCUT2D eigenvalue weighted by Crippen LogP contribution is -2.53. The molecule has 10 nitrogen and oxygen atoms in total. The Balaban J connectivity index is 1.89. The van der Waals surface area contributed by atoms with Crippen LogP contribution in [0.25, 0.3) is 0 Å². The average molecular weight is 577 g/mol. The molecule has 0 aliphatic rings. The van der Waals surface area contributed by atoms with Crippen molar-refractivity contribution in [2.75, 3.05) is 0 Å². The quantitative estimate of drug-likeness (QED) is 0.319. The molecule has 4 aromatic carbocycles. The predicted octanol–water partition coefficient (Wildman–Crippen LogP) is 3.10. The van der Waals surface area contributed by atoms with Crippen LogP contribution in [0.2, 0.25) is 0 Å². The van der Waals surface area contributed by atoms with Gasteiger partial charge < -0.3 is 0 Å². The van der Waals surface area contributed by atoms with E-state index >= 15 is 0 Å². The smallest absolute Gasteiger partial charge is 0.267 e. The molecule has 0 saturated carbocycles. The van der Waals surface area contributed by atoms with Crippen LogP contribution in [-0.4, -0.2) is 49.1 Å². The topological polar surface area (TPSA) is 143 Å². The predicted molar refractivity (Wildman–Crippen MR) is 142 cm³/mol. The van der Waals surface area contributed by atoms with Crippen LogP contribution in [0.5, 0.6) is 0 Å². The van der Waals surface area contributed by atoms with E-state index in [1.807, 2.05) is 0 Å². The van der Waals surface area contributed by atoms with Gasteiger partial charge in [0.1, 0.15) is 0 Å². The van der Waals surface area contributed by atoms with Crippen molar-refractivity contribution in [3.63, 3.8) is 0 Å². The van der Waals surface area contributed by atoms with Crippen molar-refractivity contribution in [1.82, 2.24) is 8.61 Å². The number of hydrogen-bond acceptors (Lipinski definition) is 8. The van der Waals surface area contributed by atoms with E-state index in [4.69, 9.17) is 0 Å². The van der Waals surface area contributed by atoms with Gasteiger partial charge in [-0.15, -0.1) is 0 Å². The number of rotatable bonds is 6. The summed E-state index contributed by atoms with van der Waals surface area (Å²) >= 11 is 0. The molecule has 4 aromatic rings. The third kappa shape index (κ3) is 5.44. The molecular weight excluding hydrogens is 556 g/mol. The number of benzene rings is 4. The van der Waals surface area contributed by atoms with Gasteiger partial charge in [-0.05, 0) is 48.5 Å². The maximum Gasteiger partial charge on any atom is 0.334 e. The van der Waals surface area contributed by atoms with Gasteiger partial charge in [-0.1, -0.05) is 72.8 Å². The molecule has 0 aliphatic carbocycles. The van der Waals surface area contributed by atoms with Crippen LogP contribution in [-0.2, 0) is 29.6 Å². The molecule has 0 aromatic heterocycles. The molecule has 0 unspecified atom stereocenters. The van der Waals surface area contributed by atoms with E-state index in [-0.39, 0.29) is 19.7 Å². The fraction of sp³-hybridized carbons (Fsp3) is 0. The second-order valence-electron chi connectivity index (χ2n) is 8.12. The van der Waals surface area contributed by atoms with Crippen LogP contribution in [0, 0.1) is 0 Å². The molecule has 0 bridgehead atoms. The van der Waals surface area contributed by atoms with Gasteiger partial charge in [0.15, 0.2) is 0 Å². The summed E-state index contributed by atoms with van der Waals surface area (Å²) in [5.74, 6) is -6.98. The second-order valence-corrected chi connectivity index (χ2v) is 11.7. The maximum absolute atomic E-state index is 13.7. The zero-order valence-electron chi connectivity index (χ0n) is 20.5. The lowest BCUT2D eigenvalue weighted by Gasteiger charge is -2.24. The lowest BCUT2D eigenvalue weighted by atomic mass is 10.2. The lowest BCUT2D eigenvalue weighted by molar-refractivity contribution is -0.144. The van der Waals surface area contributed by atoms with Gasteiger partial charge in [-0.2, -0.15) is 8.61 Å². The van der Waals surface area contributed by atoms with Crippen LogP contribution in [0.3, 0.4) is 0 Å². The molecule has 0 fully saturated rings. The van der Waals surface area contributed by atoms with E-state index in [0.29, 0.717) is 0 Å². The van der Waals surface area contributed by atoms with Crippen LogP contribution in [0.15, 0.2) is 131 Å². The summed E-state index contributed by atoms with van der Waals surface area (Å²) in [5.41, 5.74) is -0.565. The highest BCUT2D eigenvalue weighted by atomic mass is 32.2. The highest BCUT2D eigenvalue weighted by molar-refractivity contribution is 7.91. The van der Waals surface area contributed by atoms with E-state index < -0.39 is 53.5 Å². The number of hydrogen-bond donors (Lipinski definition) is 0. The summed E-state index contributed by atoms with van der Waals surface area (Å²) in [6.45, 7) is 0. The molecule has 0 atom stereocenters. The highest BCUT2D eigenvalue weighted by Gasteiger charge is 2.46. The zero-order valence-corrected chi connectivity index (χ0v) is 22.2. The molecule has 0 radical (unpaired) electrons. The molecular formula is C28H20N2O8S2. The van der Waals surface area contributed by atoms with Crippen molar-refractivity contribution in [2.24, 2.45) is 0 Å². The molecule has 0 heterocycles. The van der Waals surface area contributed by atoms with Gasteiger partial charge >= 0.3 is 11.8 Å². The minimum atomic E-state index is -5.05. The molecule has 4 amide bonds. The molecule has 0 aliphatic heterocycles. The second kappa shape index (κ2) is 11.4. The molecule has 4 rings (SSSR count). The van der Waals surface area contributed by atoms with Gasteiger partial charge in [0.05, 0.1) is 9.79 Å². The number of sulfonamides is 2. The Morgan fingerprint density at radius 1 is 0.400 bits per heavy atom. The van der Waals surface area contributed by atoms with E-state index in [9.17, 15) is 36.0 Å². The van der Waals surface area contributed by atoms with Gasteiger partial charge in [-0.3, -0.25) is 19.2 Å². The van der Waals surface area contributed by atoms with Crippen molar-refractivity contribution in [3.8, 4) is 0 Å². The summed E-state index contributed by atoms with van der Waals surface area (Å²) in [6, 6.07) is 26.2. The fourth-order valence-electron chi connectivity index (χ4n) is 3.59. The molecule has 40 heavy (non-hydrogen) atoms. The minimum Gasteiger partial charge on any atom is -0.267 e. The number of carbonyl (C=O) groups excluding carboxylic acids is 4. The first kappa shape index (κ1) is 28.1. The molecule has 0 saturated heterocycles. The first-order valence-electron chi connectivity index (χ1n) is 11.5. The fourth-order valence-corrected chi connectivity index (χ4v) is 6.25. The average Bonchev–Trinajstić information content (AvgIpc) is 2.98. The summed E-state index contributed by atoms with van der Waals surface area (Å²) < 4.78 is 53.6. The van der Waals surface area contributed by atoms with Crippen molar-refractivity contribution in [3.05, 3.63) is 132 Å². The standard InChI is InChI=1S/C28H20N2O8S2/c31-25(21-13-5-1-6-14-21)29(39(35,36)23-17-9-3-10-18-23)27(33)28(34)30(26(32)22-15-7-2-8-16-22)40(37,38)24-19-11-4-12-20-24/h1-20H. The Labute approximate surface area is 230 Å². The van der Waals surface area contributed by atoms with Gasteiger partial charge in [-0.25, -0.2) is 16.8 Å². The molecule has 0 N–H and O–H groups in total. The summed E-state index contributed by atoms with van der Waals surface area (Å²) in [5, 5.41) is 0. The van der Waals surface area contributed by atoms with Gasteiger partial charge in [0.2, 0.25) is 0 Å². The van der Waals surface area contributed by atoms with Gasteiger partial charge in [0, 0.05) is 11.1 Å². The Bertz CT molecular complexity index is 1640. The zero-order chi connectivity index (χ0) is 28.9. The third-order valence-corrected chi connectivity index (χ3v) is 8.89. The number of carbonyl (C=O) groups is 4. The SMILES string of the molecule is O=C(C(=O)N(C(=O)c1ccccc1)S(=O)(=O)c1ccccc1)N(C(=O)c1ccccc1)S(=O)(=O)c1ccccc1. The van der Waals surface area contributed by atoms with E-state index in [0.717, 1.165) is 24.3 Å². The molecule has 12 heteroatoms. The van der Waals surface area contributed by atoms with Crippen molar-refractivity contribution in [2.45, 2.75) is 9.79 Å². The minimum absolute atomic E-state index is 0.282. The summed E-state index contributed by atoms with van der Waals surface area (Å²) in [6.07, 6.45) is 0. The Morgan fingerprint density at radius 2 is 0.650 bits per heavy atom. The van der Waals surface area contributed by atoms with Crippen LogP contribution < -0.4 is 0 Å². The van der Waals surface area contributed by atoms with E-state index in [1.54, 1.807) is 0 Å². The molecule has 202 valence electrons. The van der Waals surface area contributed by atoms with Crippen molar-refractivity contribution >= 4 is 43.7 Å².